The summed E-state index contributed by atoms with van der Waals surface area (Å²) in [6.07, 6.45) is 5.58. The summed E-state index contributed by atoms with van der Waals surface area (Å²) < 4.78 is 7.82. The highest BCUT2D eigenvalue weighted by molar-refractivity contribution is 4.90. The van der Waals surface area contributed by atoms with E-state index in [1.165, 1.54) is 6.42 Å². The van der Waals surface area contributed by atoms with E-state index < -0.39 is 5.60 Å². The van der Waals surface area contributed by atoms with Gasteiger partial charge in [0.2, 0.25) is 0 Å². The maximum absolute atomic E-state index is 10.7. The van der Waals surface area contributed by atoms with Gasteiger partial charge in [0.1, 0.15) is 11.6 Å². The lowest BCUT2D eigenvalue weighted by Gasteiger charge is -2.40. The Labute approximate surface area is 132 Å². The lowest BCUT2D eigenvalue weighted by molar-refractivity contribution is -0.0797. The maximum Gasteiger partial charge on any atom is 0.147 e. The van der Waals surface area contributed by atoms with Gasteiger partial charge in [0.15, 0.2) is 0 Å². The summed E-state index contributed by atoms with van der Waals surface area (Å²) >= 11 is 0. The number of rotatable bonds is 4. The fourth-order valence-corrected chi connectivity index (χ4v) is 3.75. The van der Waals surface area contributed by atoms with Crippen LogP contribution in [0.1, 0.15) is 43.8 Å². The van der Waals surface area contributed by atoms with Crippen molar-refractivity contribution in [1.82, 2.24) is 19.7 Å². The Morgan fingerprint density at radius 3 is 2.73 bits per heavy atom. The molecule has 1 unspecified atom stereocenters. The van der Waals surface area contributed by atoms with E-state index in [0.717, 1.165) is 70.1 Å². The highest BCUT2D eigenvalue weighted by Crippen LogP contribution is 2.29. The van der Waals surface area contributed by atoms with Crippen LogP contribution in [0.4, 0.5) is 0 Å². The van der Waals surface area contributed by atoms with Crippen LogP contribution in [0.15, 0.2) is 0 Å². The molecule has 6 nitrogen and oxygen atoms in total. The Kier molecular flexibility index (Phi) is 4.80. The third kappa shape index (κ3) is 3.86. The van der Waals surface area contributed by atoms with Crippen molar-refractivity contribution < 1.29 is 9.84 Å². The highest BCUT2D eigenvalue weighted by atomic mass is 16.5. The Morgan fingerprint density at radius 2 is 2.05 bits per heavy atom. The molecule has 1 aromatic rings. The van der Waals surface area contributed by atoms with Crippen molar-refractivity contribution in [2.24, 2.45) is 0 Å². The fraction of sp³-hybridized carbons (Fsp3) is 0.875. The average molecular weight is 308 g/mol. The minimum atomic E-state index is -0.486. The molecule has 2 fully saturated rings. The second-order valence-corrected chi connectivity index (χ2v) is 6.90. The number of β-amino-alcohol motifs (C(OH)–C–C–N with tert-alkyl or cyclic N) is 1. The van der Waals surface area contributed by atoms with Gasteiger partial charge in [0, 0.05) is 19.6 Å². The van der Waals surface area contributed by atoms with Gasteiger partial charge in [0.25, 0.3) is 0 Å². The third-order valence-electron chi connectivity index (χ3n) is 4.86. The number of nitrogens with zero attached hydrogens (tertiary/aromatic N) is 4. The molecule has 1 atom stereocenters. The molecule has 124 valence electrons. The van der Waals surface area contributed by atoms with Crippen molar-refractivity contribution in [2.45, 2.75) is 64.2 Å². The van der Waals surface area contributed by atoms with Gasteiger partial charge in [-0.25, -0.2) is 9.67 Å². The molecule has 0 spiro atoms. The monoisotopic (exact) mass is 308 g/mol. The number of ether oxygens (including phenoxy) is 1. The second-order valence-electron chi connectivity index (χ2n) is 6.90. The van der Waals surface area contributed by atoms with Gasteiger partial charge in [-0.2, -0.15) is 5.10 Å². The highest BCUT2D eigenvalue weighted by Gasteiger charge is 2.33. The van der Waals surface area contributed by atoms with Gasteiger partial charge in [-0.3, -0.25) is 4.90 Å². The molecule has 1 N–H and O–H groups in total. The van der Waals surface area contributed by atoms with Gasteiger partial charge in [-0.15, -0.1) is 0 Å². The van der Waals surface area contributed by atoms with Gasteiger partial charge in [-0.1, -0.05) is 19.3 Å². The van der Waals surface area contributed by atoms with Crippen LogP contribution in [0.2, 0.25) is 0 Å². The summed E-state index contributed by atoms with van der Waals surface area (Å²) in [4.78, 5) is 6.70. The van der Waals surface area contributed by atoms with Crippen molar-refractivity contribution >= 4 is 0 Å². The molecular weight excluding hydrogens is 280 g/mol. The molecule has 0 radical (unpaired) electrons. The molecule has 1 aromatic heterocycles. The zero-order valence-electron chi connectivity index (χ0n) is 13.8. The molecule has 1 saturated carbocycles. The Morgan fingerprint density at radius 1 is 1.27 bits per heavy atom. The van der Waals surface area contributed by atoms with E-state index in [0.29, 0.717) is 0 Å². The largest absolute Gasteiger partial charge is 0.389 e. The first-order chi connectivity index (χ1) is 10.5. The molecule has 2 aliphatic rings. The summed E-state index contributed by atoms with van der Waals surface area (Å²) in [6.45, 7) is 7.91. The first kappa shape index (κ1) is 15.9. The zero-order valence-corrected chi connectivity index (χ0v) is 13.8. The lowest BCUT2D eigenvalue weighted by atomic mass is 9.84. The number of morpholine rings is 1. The first-order valence-electron chi connectivity index (χ1n) is 8.48. The minimum absolute atomic E-state index is 0.126. The lowest BCUT2D eigenvalue weighted by Crippen LogP contribution is -2.51. The van der Waals surface area contributed by atoms with E-state index in [2.05, 4.69) is 15.0 Å². The summed E-state index contributed by atoms with van der Waals surface area (Å²) in [7, 11) is 0. The van der Waals surface area contributed by atoms with Crippen molar-refractivity contribution in [3.05, 3.63) is 11.6 Å². The standard InChI is InChI=1S/C16H28N4O2/c1-13-17-14(2)20(18-13)11-15-10-19(8-9-22-15)12-16(21)6-4-3-5-7-16/h15,21H,3-12H2,1-2H3. The second kappa shape index (κ2) is 6.64. The fourth-order valence-electron chi connectivity index (χ4n) is 3.75. The summed E-state index contributed by atoms with van der Waals surface area (Å²) in [6, 6.07) is 0. The molecule has 3 rings (SSSR count). The summed E-state index contributed by atoms with van der Waals surface area (Å²) in [5.41, 5.74) is -0.486. The molecule has 6 heteroatoms. The Hall–Kier alpha value is -0.980. The Balaban J connectivity index is 1.56. The minimum Gasteiger partial charge on any atom is -0.389 e. The molecular formula is C16H28N4O2. The van der Waals surface area contributed by atoms with E-state index >= 15 is 0 Å². The van der Waals surface area contributed by atoms with Crippen molar-refractivity contribution in [1.29, 1.82) is 0 Å². The molecule has 0 amide bonds. The van der Waals surface area contributed by atoms with Crippen LogP contribution in [0, 0.1) is 13.8 Å². The molecule has 2 heterocycles. The van der Waals surface area contributed by atoms with Crippen molar-refractivity contribution in [3.8, 4) is 0 Å². The van der Waals surface area contributed by atoms with Gasteiger partial charge >= 0.3 is 0 Å². The molecule has 1 aliphatic heterocycles. The van der Waals surface area contributed by atoms with Crippen molar-refractivity contribution in [2.75, 3.05) is 26.2 Å². The SMILES string of the molecule is Cc1nc(C)n(CC2CN(CC3(O)CCCCC3)CCO2)n1. The third-order valence-corrected chi connectivity index (χ3v) is 4.86. The maximum atomic E-state index is 10.7. The predicted octanol–water partition coefficient (Wildman–Crippen LogP) is 1.29. The van der Waals surface area contributed by atoms with Crippen LogP contribution in [0.3, 0.4) is 0 Å². The van der Waals surface area contributed by atoms with Crippen LogP contribution in [0.5, 0.6) is 0 Å². The van der Waals surface area contributed by atoms with Crippen LogP contribution in [-0.4, -0.2) is 62.7 Å². The number of hydrogen-bond donors (Lipinski definition) is 1. The Bertz CT molecular complexity index is 496. The van der Waals surface area contributed by atoms with Gasteiger partial charge in [0.05, 0.1) is 24.9 Å². The normalized spacial score (nSPS) is 26.2. The van der Waals surface area contributed by atoms with Gasteiger partial charge < -0.3 is 9.84 Å². The van der Waals surface area contributed by atoms with E-state index in [1.54, 1.807) is 0 Å². The first-order valence-corrected chi connectivity index (χ1v) is 8.48. The molecule has 1 saturated heterocycles. The smallest absolute Gasteiger partial charge is 0.147 e. The van der Waals surface area contributed by atoms with E-state index in [-0.39, 0.29) is 6.10 Å². The van der Waals surface area contributed by atoms with Crippen LogP contribution in [-0.2, 0) is 11.3 Å². The number of aromatic nitrogens is 3. The summed E-state index contributed by atoms with van der Waals surface area (Å²) in [5.74, 6) is 1.74. The van der Waals surface area contributed by atoms with E-state index in [4.69, 9.17) is 4.74 Å². The number of aryl methyl sites for hydroxylation is 2. The van der Waals surface area contributed by atoms with E-state index in [1.807, 2.05) is 18.5 Å². The molecule has 22 heavy (non-hydrogen) atoms. The zero-order chi connectivity index (χ0) is 15.6. The number of aliphatic hydroxyl groups is 1. The predicted molar refractivity (Wildman–Crippen MR) is 83.7 cm³/mol. The van der Waals surface area contributed by atoms with E-state index in [9.17, 15) is 5.11 Å². The quantitative estimate of drug-likeness (QED) is 0.908. The number of hydrogen-bond acceptors (Lipinski definition) is 5. The van der Waals surface area contributed by atoms with Crippen LogP contribution in [0.25, 0.3) is 0 Å². The van der Waals surface area contributed by atoms with Gasteiger partial charge in [-0.05, 0) is 26.7 Å². The topological polar surface area (TPSA) is 63.4 Å². The summed E-state index contributed by atoms with van der Waals surface area (Å²) in [5, 5.41) is 15.2. The average Bonchev–Trinajstić information content (AvgIpc) is 2.77. The molecule has 0 aromatic carbocycles. The van der Waals surface area contributed by atoms with Crippen LogP contribution >= 0.6 is 0 Å². The van der Waals surface area contributed by atoms with Crippen LogP contribution < -0.4 is 0 Å². The molecule has 1 aliphatic carbocycles. The van der Waals surface area contributed by atoms with Crippen molar-refractivity contribution in [3.63, 3.8) is 0 Å². The molecule has 0 bridgehead atoms.